The molecule has 0 spiro atoms. The molecule has 0 heterocycles. The SMILES string of the molecule is Nc1ccc(S(=O)Cc2cccc(F)c2)c(F)c1. The standard InChI is InChI=1S/C13H11F2NOS/c14-10-3-1-2-9(6-10)8-18(17)13-5-4-11(16)7-12(13)15/h1-7H,8,16H2. The van der Waals surface area contributed by atoms with Crippen LogP contribution in [0.25, 0.3) is 0 Å². The zero-order chi connectivity index (χ0) is 13.1. The van der Waals surface area contributed by atoms with E-state index in [1.807, 2.05) is 0 Å². The molecule has 2 rings (SSSR count). The highest BCUT2D eigenvalue weighted by atomic mass is 32.2. The molecule has 0 aliphatic heterocycles. The predicted molar refractivity (Wildman–Crippen MR) is 67.3 cm³/mol. The van der Waals surface area contributed by atoms with Crippen molar-refractivity contribution in [1.82, 2.24) is 0 Å². The highest BCUT2D eigenvalue weighted by Crippen LogP contribution is 2.18. The van der Waals surface area contributed by atoms with Gasteiger partial charge in [0.25, 0.3) is 0 Å². The third kappa shape index (κ3) is 2.92. The van der Waals surface area contributed by atoms with Crippen molar-refractivity contribution in [2.45, 2.75) is 10.6 Å². The Kier molecular flexibility index (Phi) is 3.72. The average Bonchev–Trinajstić information content (AvgIpc) is 2.28. The van der Waals surface area contributed by atoms with Crippen molar-refractivity contribution >= 4 is 16.5 Å². The van der Waals surface area contributed by atoms with E-state index in [9.17, 15) is 13.0 Å². The summed E-state index contributed by atoms with van der Waals surface area (Å²) in [4.78, 5) is 0.0773. The normalized spacial score (nSPS) is 12.3. The monoisotopic (exact) mass is 267 g/mol. The summed E-state index contributed by atoms with van der Waals surface area (Å²) in [6, 6.07) is 9.77. The van der Waals surface area contributed by atoms with E-state index in [1.165, 1.54) is 30.3 Å². The predicted octanol–water partition coefficient (Wildman–Crippen LogP) is 2.85. The minimum Gasteiger partial charge on any atom is -0.399 e. The van der Waals surface area contributed by atoms with Gasteiger partial charge in [-0.05, 0) is 35.9 Å². The quantitative estimate of drug-likeness (QED) is 0.869. The van der Waals surface area contributed by atoms with E-state index in [0.717, 1.165) is 6.07 Å². The lowest BCUT2D eigenvalue weighted by Crippen LogP contribution is -2.00. The van der Waals surface area contributed by atoms with E-state index in [1.54, 1.807) is 6.07 Å². The third-order valence-electron chi connectivity index (χ3n) is 2.39. The summed E-state index contributed by atoms with van der Waals surface area (Å²) in [5, 5.41) is 0. The maximum Gasteiger partial charge on any atom is 0.141 e. The molecule has 18 heavy (non-hydrogen) atoms. The molecule has 94 valence electrons. The highest BCUT2D eigenvalue weighted by Gasteiger charge is 2.11. The first-order chi connectivity index (χ1) is 8.56. The van der Waals surface area contributed by atoms with Crippen LogP contribution in [0.1, 0.15) is 5.56 Å². The van der Waals surface area contributed by atoms with E-state index < -0.39 is 22.4 Å². The van der Waals surface area contributed by atoms with Crippen LogP contribution in [0.3, 0.4) is 0 Å². The minimum atomic E-state index is -1.56. The van der Waals surface area contributed by atoms with Crippen molar-refractivity contribution in [2.75, 3.05) is 5.73 Å². The van der Waals surface area contributed by atoms with Gasteiger partial charge in [0.15, 0.2) is 0 Å². The zero-order valence-electron chi connectivity index (χ0n) is 9.40. The zero-order valence-corrected chi connectivity index (χ0v) is 10.2. The molecule has 1 unspecified atom stereocenters. The fraction of sp³-hybridized carbons (Fsp3) is 0.0769. The Morgan fingerprint density at radius 2 is 1.89 bits per heavy atom. The molecule has 0 radical (unpaired) electrons. The van der Waals surface area contributed by atoms with E-state index in [-0.39, 0.29) is 16.3 Å². The van der Waals surface area contributed by atoms with Crippen LogP contribution in [0.15, 0.2) is 47.4 Å². The van der Waals surface area contributed by atoms with Crippen molar-refractivity contribution in [3.63, 3.8) is 0 Å². The summed E-state index contributed by atoms with van der Waals surface area (Å²) < 4.78 is 38.5. The van der Waals surface area contributed by atoms with Gasteiger partial charge in [0.05, 0.1) is 21.4 Å². The van der Waals surface area contributed by atoms with Crippen LogP contribution in [-0.2, 0) is 16.6 Å². The third-order valence-corrected chi connectivity index (χ3v) is 3.81. The van der Waals surface area contributed by atoms with Crippen molar-refractivity contribution in [3.8, 4) is 0 Å². The summed E-state index contributed by atoms with van der Waals surface area (Å²) >= 11 is 0. The molecule has 2 aromatic rings. The fourth-order valence-corrected chi connectivity index (χ4v) is 2.69. The van der Waals surface area contributed by atoms with Crippen LogP contribution in [0.5, 0.6) is 0 Å². The van der Waals surface area contributed by atoms with Crippen LogP contribution in [-0.4, -0.2) is 4.21 Å². The van der Waals surface area contributed by atoms with Gasteiger partial charge in [0, 0.05) is 5.69 Å². The van der Waals surface area contributed by atoms with Crippen LogP contribution in [0.2, 0.25) is 0 Å². The van der Waals surface area contributed by atoms with Crippen LogP contribution in [0.4, 0.5) is 14.5 Å². The van der Waals surface area contributed by atoms with E-state index >= 15 is 0 Å². The number of nitrogens with two attached hydrogens (primary N) is 1. The maximum atomic E-state index is 13.5. The van der Waals surface area contributed by atoms with Gasteiger partial charge < -0.3 is 5.73 Å². The average molecular weight is 267 g/mol. The maximum absolute atomic E-state index is 13.5. The minimum absolute atomic E-state index is 0.0681. The van der Waals surface area contributed by atoms with Gasteiger partial charge in [-0.2, -0.15) is 0 Å². The summed E-state index contributed by atoms with van der Waals surface area (Å²) in [6.45, 7) is 0. The highest BCUT2D eigenvalue weighted by molar-refractivity contribution is 7.84. The molecule has 0 amide bonds. The number of hydrogen-bond acceptors (Lipinski definition) is 2. The first kappa shape index (κ1) is 12.7. The second-order valence-corrected chi connectivity index (χ2v) is 5.23. The Hall–Kier alpha value is -1.75. The number of rotatable bonds is 3. The van der Waals surface area contributed by atoms with Crippen LogP contribution in [0, 0.1) is 11.6 Å². The summed E-state index contributed by atoms with van der Waals surface area (Å²) in [6.07, 6.45) is 0. The van der Waals surface area contributed by atoms with Gasteiger partial charge in [-0.3, -0.25) is 4.21 Å². The molecule has 2 N–H and O–H groups in total. The van der Waals surface area contributed by atoms with Crippen molar-refractivity contribution in [2.24, 2.45) is 0 Å². The molecular formula is C13H11F2NOS. The van der Waals surface area contributed by atoms with Crippen LogP contribution < -0.4 is 5.73 Å². The molecule has 0 saturated heterocycles. The number of hydrogen-bond donors (Lipinski definition) is 1. The molecular weight excluding hydrogens is 256 g/mol. The molecule has 1 atom stereocenters. The van der Waals surface area contributed by atoms with Crippen molar-refractivity contribution < 1.29 is 13.0 Å². The Labute approximate surface area is 106 Å². The fourth-order valence-electron chi connectivity index (χ4n) is 1.56. The number of halogens is 2. The lowest BCUT2D eigenvalue weighted by atomic mass is 10.2. The number of anilines is 1. The molecule has 2 aromatic carbocycles. The number of nitrogen functional groups attached to an aromatic ring is 1. The van der Waals surface area contributed by atoms with Gasteiger partial charge in [-0.1, -0.05) is 12.1 Å². The lowest BCUT2D eigenvalue weighted by Gasteiger charge is -2.05. The first-order valence-corrected chi connectivity index (χ1v) is 6.56. The first-order valence-electron chi connectivity index (χ1n) is 5.24. The van der Waals surface area contributed by atoms with Gasteiger partial charge in [0.2, 0.25) is 0 Å². The molecule has 0 fully saturated rings. The molecule has 5 heteroatoms. The van der Waals surface area contributed by atoms with E-state index in [4.69, 9.17) is 5.73 Å². The van der Waals surface area contributed by atoms with Gasteiger partial charge in [0.1, 0.15) is 11.6 Å². The largest absolute Gasteiger partial charge is 0.399 e. The number of benzene rings is 2. The van der Waals surface area contributed by atoms with Gasteiger partial charge >= 0.3 is 0 Å². The Bertz CT molecular complexity index is 601. The van der Waals surface area contributed by atoms with Gasteiger partial charge in [-0.15, -0.1) is 0 Å². The van der Waals surface area contributed by atoms with E-state index in [2.05, 4.69) is 0 Å². The molecule has 0 aliphatic carbocycles. The van der Waals surface area contributed by atoms with E-state index in [0.29, 0.717) is 5.56 Å². The second kappa shape index (κ2) is 5.27. The lowest BCUT2D eigenvalue weighted by molar-refractivity contribution is 0.596. The summed E-state index contributed by atoms with van der Waals surface area (Å²) in [7, 11) is -1.56. The Balaban J connectivity index is 2.22. The molecule has 2 nitrogen and oxygen atoms in total. The Morgan fingerprint density at radius 1 is 1.11 bits per heavy atom. The summed E-state index contributed by atoms with van der Waals surface area (Å²) in [5.74, 6) is -0.939. The molecule has 0 aliphatic rings. The van der Waals surface area contributed by atoms with Crippen molar-refractivity contribution in [3.05, 3.63) is 59.7 Å². The molecule has 0 saturated carbocycles. The molecule has 0 aromatic heterocycles. The van der Waals surface area contributed by atoms with Gasteiger partial charge in [-0.25, -0.2) is 8.78 Å². The second-order valence-electron chi connectivity index (χ2n) is 3.81. The van der Waals surface area contributed by atoms with Crippen molar-refractivity contribution in [1.29, 1.82) is 0 Å². The Morgan fingerprint density at radius 3 is 2.56 bits per heavy atom. The molecule has 0 bridgehead atoms. The smallest absolute Gasteiger partial charge is 0.141 e. The summed E-state index contributed by atoms with van der Waals surface area (Å²) in [5.41, 5.74) is 6.25. The van der Waals surface area contributed by atoms with Crippen LogP contribution >= 0.6 is 0 Å². The topological polar surface area (TPSA) is 43.1 Å².